The van der Waals surface area contributed by atoms with Crippen LogP contribution in [0.5, 0.6) is 0 Å². The normalized spacial score (nSPS) is 15.1. The van der Waals surface area contributed by atoms with Crippen molar-refractivity contribution in [3.63, 3.8) is 0 Å². The summed E-state index contributed by atoms with van der Waals surface area (Å²) in [4.78, 5) is 0. The molecule has 1 aliphatic rings. The van der Waals surface area contributed by atoms with Gasteiger partial charge in [-0.05, 0) is 42.2 Å². The summed E-state index contributed by atoms with van der Waals surface area (Å²) in [6.45, 7) is 9.14. The molecule has 132 valence electrons. The summed E-state index contributed by atoms with van der Waals surface area (Å²) in [7, 11) is 0. The zero-order chi connectivity index (χ0) is 18.4. The lowest BCUT2D eigenvalue weighted by atomic mass is 10.0. The second-order valence-electron chi connectivity index (χ2n) is 6.98. The average molecular weight is 344 g/mol. The third-order valence-electron chi connectivity index (χ3n) is 4.88. The molecule has 0 amide bonds. The molecule has 0 unspecified atom stereocenters. The predicted molar refractivity (Wildman–Crippen MR) is 109 cm³/mol. The van der Waals surface area contributed by atoms with Crippen LogP contribution in [0, 0.1) is 18.3 Å². The van der Waals surface area contributed by atoms with Crippen molar-refractivity contribution in [3.05, 3.63) is 82.9 Å². The second kappa shape index (κ2) is 8.65. The first-order chi connectivity index (χ1) is 12.7. The summed E-state index contributed by atoms with van der Waals surface area (Å²) in [5, 5.41) is 9.53. The minimum Gasteiger partial charge on any atom is -0.418 e. The molecule has 1 aliphatic heterocycles. The number of rotatable bonds is 5. The highest BCUT2D eigenvalue weighted by Crippen LogP contribution is 2.22. The Morgan fingerprint density at radius 3 is 2.54 bits per heavy atom. The van der Waals surface area contributed by atoms with E-state index in [0.717, 1.165) is 47.6 Å². The predicted octanol–water partition coefficient (Wildman–Crippen LogP) is 5.83. The molecule has 26 heavy (non-hydrogen) atoms. The van der Waals surface area contributed by atoms with E-state index < -0.39 is 0 Å². The molecule has 0 aliphatic carbocycles. The number of allylic oxidation sites excluding steroid dienone is 2. The Kier molecular flexibility index (Phi) is 6.04. The van der Waals surface area contributed by atoms with Gasteiger partial charge in [-0.25, -0.2) is 0 Å². The maximum absolute atomic E-state index is 9.53. The first kappa shape index (κ1) is 18.2. The van der Waals surface area contributed by atoms with E-state index >= 15 is 0 Å². The number of aryl methyl sites for hydroxylation is 1. The minimum absolute atomic E-state index is 0.756. The minimum atomic E-state index is 0.756. The molecule has 0 N–H and O–H groups in total. The molecule has 0 saturated carbocycles. The Morgan fingerprint density at radius 2 is 1.85 bits per heavy atom. The van der Waals surface area contributed by atoms with E-state index in [1.807, 2.05) is 18.2 Å². The van der Waals surface area contributed by atoms with E-state index in [0.29, 0.717) is 0 Å². The van der Waals surface area contributed by atoms with Crippen LogP contribution in [0.3, 0.4) is 0 Å². The molecule has 2 nitrogen and oxygen atoms in total. The van der Waals surface area contributed by atoms with Crippen LogP contribution in [-0.4, -0.2) is 13.2 Å². The van der Waals surface area contributed by atoms with Crippen molar-refractivity contribution in [3.8, 4) is 6.07 Å². The highest BCUT2D eigenvalue weighted by atomic mass is 16.7. The Hall–Kier alpha value is -2.63. The summed E-state index contributed by atoms with van der Waals surface area (Å²) < 4.78 is 3.30. The summed E-state index contributed by atoms with van der Waals surface area (Å²) >= 11 is 0. The van der Waals surface area contributed by atoms with Crippen LogP contribution in [0.1, 0.15) is 47.1 Å². The van der Waals surface area contributed by atoms with E-state index in [4.69, 9.17) is 0 Å². The number of nitriles is 1. The molecule has 0 aromatic heterocycles. The van der Waals surface area contributed by atoms with Gasteiger partial charge in [-0.2, -0.15) is 5.26 Å². The summed E-state index contributed by atoms with van der Waals surface area (Å²) in [5.74, 6) is 0. The zero-order valence-corrected chi connectivity index (χ0v) is 15.5. The molecule has 0 radical (unpaired) electrons. The monoisotopic (exact) mass is 344 g/mol. The summed E-state index contributed by atoms with van der Waals surface area (Å²) in [5.41, 5.74) is 6.20. The molecule has 0 bridgehead atoms. The number of nitrogens with zero attached hydrogens (tertiary/aromatic N) is 1. The Bertz CT molecular complexity index is 834. The number of benzene rings is 2. The largest absolute Gasteiger partial charge is 0.418 e. The van der Waals surface area contributed by atoms with E-state index in [-0.39, 0.29) is 0 Å². The maximum Gasteiger partial charge on any atom is 0.173 e. The molecular formula is C24H26NO+. The average Bonchev–Trinajstić information content (AvgIpc) is 2.68. The Morgan fingerprint density at radius 1 is 1.12 bits per heavy atom. The van der Waals surface area contributed by atoms with Crippen LogP contribution in [0.15, 0.2) is 55.1 Å². The molecule has 1 heterocycles. The molecule has 1 saturated heterocycles. The van der Waals surface area contributed by atoms with Crippen LogP contribution in [0.2, 0.25) is 0 Å². The van der Waals surface area contributed by atoms with Gasteiger partial charge in [0, 0.05) is 18.4 Å². The van der Waals surface area contributed by atoms with Gasteiger partial charge in [-0.1, -0.05) is 54.6 Å². The van der Waals surface area contributed by atoms with Gasteiger partial charge in [-0.15, -0.1) is 0 Å². The zero-order valence-electron chi connectivity index (χ0n) is 15.5. The van der Waals surface area contributed by atoms with Crippen molar-refractivity contribution in [1.82, 2.24) is 0 Å². The van der Waals surface area contributed by atoms with Crippen LogP contribution in [0.4, 0.5) is 0 Å². The Labute approximate surface area is 156 Å². The lowest BCUT2D eigenvalue weighted by molar-refractivity contribution is -0.170. The van der Waals surface area contributed by atoms with Crippen molar-refractivity contribution in [1.29, 1.82) is 5.26 Å². The fourth-order valence-corrected chi connectivity index (χ4v) is 3.24. The third-order valence-corrected chi connectivity index (χ3v) is 4.88. The molecule has 2 aromatic carbocycles. The molecule has 2 heteroatoms. The van der Waals surface area contributed by atoms with Gasteiger partial charge < -0.3 is 4.37 Å². The van der Waals surface area contributed by atoms with Crippen LogP contribution in [0.25, 0.3) is 11.6 Å². The van der Waals surface area contributed by atoms with E-state index in [1.165, 1.54) is 24.8 Å². The standard InChI is InChI=1S/C24H26NO/c1-19-6-11-22(12-7-19)20(2)8-9-21-10-13-23(24(16-21)17-25)18-26-14-4-3-5-15-26/h6-13,16H,2-5,14-15,18H2,1H3/q+1/b9-8+. The van der Waals surface area contributed by atoms with Gasteiger partial charge >= 0.3 is 0 Å². The van der Waals surface area contributed by atoms with Gasteiger partial charge in [0.05, 0.1) is 11.6 Å². The van der Waals surface area contributed by atoms with Crippen molar-refractivity contribution in [2.24, 2.45) is 0 Å². The van der Waals surface area contributed by atoms with Gasteiger partial charge in [-0.3, -0.25) is 0 Å². The van der Waals surface area contributed by atoms with Crippen LogP contribution < -0.4 is 0 Å². The van der Waals surface area contributed by atoms with Crippen molar-refractivity contribution in [2.45, 2.75) is 32.8 Å². The molecule has 1 fully saturated rings. The number of hydrogen-bond acceptors (Lipinski definition) is 1. The van der Waals surface area contributed by atoms with E-state index in [9.17, 15) is 5.26 Å². The highest BCUT2D eigenvalue weighted by Gasteiger charge is 2.17. The first-order valence-corrected chi connectivity index (χ1v) is 9.27. The lowest BCUT2D eigenvalue weighted by Crippen LogP contribution is -2.21. The SMILES string of the molecule is C=C(/C=C/c1ccc(C[O+]2CCCCC2)c(C#N)c1)c1ccc(C)cc1. The van der Waals surface area contributed by atoms with Crippen LogP contribution in [-0.2, 0) is 11.0 Å². The molecule has 0 atom stereocenters. The number of hydrogen-bond donors (Lipinski definition) is 0. The summed E-state index contributed by atoms with van der Waals surface area (Å²) in [6, 6.07) is 16.8. The van der Waals surface area contributed by atoms with E-state index in [1.54, 1.807) is 0 Å². The smallest absolute Gasteiger partial charge is 0.173 e. The molecule has 2 aromatic rings. The van der Waals surface area contributed by atoms with Crippen molar-refractivity contribution >= 4 is 11.6 Å². The second-order valence-corrected chi connectivity index (χ2v) is 6.98. The maximum atomic E-state index is 9.53. The van der Waals surface area contributed by atoms with E-state index in [2.05, 4.69) is 60.3 Å². The highest BCUT2D eigenvalue weighted by molar-refractivity contribution is 5.77. The Balaban J connectivity index is 1.71. The fourth-order valence-electron chi connectivity index (χ4n) is 3.24. The van der Waals surface area contributed by atoms with Crippen molar-refractivity contribution < 1.29 is 4.37 Å². The topological polar surface area (TPSA) is 26.5 Å². The third kappa shape index (κ3) is 4.71. The van der Waals surface area contributed by atoms with Gasteiger partial charge in [0.15, 0.2) is 6.61 Å². The van der Waals surface area contributed by atoms with Crippen LogP contribution >= 0.6 is 0 Å². The van der Waals surface area contributed by atoms with Crippen molar-refractivity contribution in [2.75, 3.05) is 13.2 Å². The molecular weight excluding hydrogens is 318 g/mol. The van der Waals surface area contributed by atoms with Gasteiger partial charge in [0.2, 0.25) is 0 Å². The quantitative estimate of drug-likeness (QED) is 0.495. The summed E-state index contributed by atoms with van der Waals surface area (Å²) in [6.07, 6.45) is 7.81. The fraction of sp³-hybridized carbons (Fsp3) is 0.292. The lowest BCUT2D eigenvalue weighted by Gasteiger charge is -2.23. The van der Waals surface area contributed by atoms with Gasteiger partial charge in [0.25, 0.3) is 0 Å². The first-order valence-electron chi connectivity index (χ1n) is 9.27. The van der Waals surface area contributed by atoms with Gasteiger partial charge in [0.1, 0.15) is 13.2 Å². The molecule has 0 spiro atoms. The molecule has 3 rings (SSSR count).